The van der Waals surface area contributed by atoms with Gasteiger partial charge in [0.05, 0.1) is 11.1 Å². The highest BCUT2D eigenvalue weighted by Gasteiger charge is 2.22. The van der Waals surface area contributed by atoms with E-state index < -0.39 is 0 Å². The topological polar surface area (TPSA) is 42.7 Å². The van der Waals surface area contributed by atoms with Crippen molar-refractivity contribution in [1.29, 1.82) is 0 Å². The van der Waals surface area contributed by atoms with Gasteiger partial charge in [-0.1, -0.05) is 37.6 Å². The molecular formula is C21H20ClNO3. The predicted octanol–water partition coefficient (Wildman–Crippen LogP) is 4.92. The number of halogens is 1. The molecule has 2 heterocycles. The third-order valence-corrected chi connectivity index (χ3v) is 4.78. The van der Waals surface area contributed by atoms with Gasteiger partial charge >= 0.3 is 5.63 Å². The van der Waals surface area contributed by atoms with Crippen LogP contribution in [0.15, 0.2) is 51.7 Å². The maximum atomic E-state index is 12.6. The minimum Gasteiger partial charge on any atom is -0.478 e. The molecule has 0 radical (unpaired) electrons. The monoisotopic (exact) mass is 369 g/mol. The Morgan fingerprint density at radius 3 is 2.65 bits per heavy atom. The van der Waals surface area contributed by atoms with Gasteiger partial charge in [-0.25, -0.2) is 4.79 Å². The Morgan fingerprint density at radius 1 is 1.15 bits per heavy atom. The average molecular weight is 370 g/mol. The second kappa shape index (κ2) is 6.78. The predicted molar refractivity (Wildman–Crippen MR) is 104 cm³/mol. The molecule has 0 fully saturated rings. The van der Waals surface area contributed by atoms with E-state index in [0.717, 1.165) is 28.8 Å². The fourth-order valence-electron chi connectivity index (χ4n) is 3.40. The van der Waals surface area contributed by atoms with Gasteiger partial charge in [0.2, 0.25) is 0 Å². The summed E-state index contributed by atoms with van der Waals surface area (Å²) < 4.78 is 11.6. The van der Waals surface area contributed by atoms with E-state index in [9.17, 15) is 4.79 Å². The van der Waals surface area contributed by atoms with Gasteiger partial charge in [0.25, 0.3) is 0 Å². The molecule has 0 N–H and O–H groups in total. The Morgan fingerprint density at radius 2 is 1.92 bits per heavy atom. The van der Waals surface area contributed by atoms with Crippen molar-refractivity contribution in [1.82, 2.24) is 4.90 Å². The maximum absolute atomic E-state index is 12.6. The second-order valence-electron chi connectivity index (χ2n) is 7.09. The van der Waals surface area contributed by atoms with Crippen LogP contribution < -0.4 is 10.4 Å². The lowest BCUT2D eigenvalue weighted by Gasteiger charge is -2.30. The van der Waals surface area contributed by atoms with Crippen LogP contribution in [-0.4, -0.2) is 18.2 Å². The lowest BCUT2D eigenvalue weighted by molar-refractivity contribution is 0.0848. The molecule has 0 bridgehead atoms. The molecule has 4 rings (SSSR count). The molecular weight excluding hydrogens is 350 g/mol. The number of hydrogen-bond donors (Lipinski definition) is 0. The first kappa shape index (κ1) is 17.1. The van der Waals surface area contributed by atoms with E-state index in [1.54, 1.807) is 12.1 Å². The largest absolute Gasteiger partial charge is 0.478 e. The van der Waals surface area contributed by atoms with Crippen LogP contribution in [0.5, 0.6) is 5.75 Å². The number of hydrogen-bond acceptors (Lipinski definition) is 4. The van der Waals surface area contributed by atoms with Gasteiger partial charge in [-0.2, -0.15) is 0 Å². The van der Waals surface area contributed by atoms with Gasteiger partial charge in [0.1, 0.15) is 18.1 Å². The van der Waals surface area contributed by atoms with E-state index in [1.807, 2.05) is 30.3 Å². The molecule has 0 saturated heterocycles. The molecule has 0 saturated carbocycles. The average Bonchev–Trinajstić information content (AvgIpc) is 2.61. The van der Waals surface area contributed by atoms with Crippen LogP contribution >= 0.6 is 11.6 Å². The van der Waals surface area contributed by atoms with Crippen molar-refractivity contribution >= 4 is 22.6 Å². The van der Waals surface area contributed by atoms with Gasteiger partial charge in [-0.3, -0.25) is 4.90 Å². The van der Waals surface area contributed by atoms with Crippen LogP contribution in [0.4, 0.5) is 0 Å². The fraction of sp³-hybridized carbons (Fsp3) is 0.286. The summed E-state index contributed by atoms with van der Waals surface area (Å²) in [5.74, 6) is 1.33. The quantitative estimate of drug-likeness (QED) is 0.614. The zero-order chi connectivity index (χ0) is 18.3. The summed E-state index contributed by atoms with van der Waals surface area (Å²) in [4.78, 5) is 14.8. The summed E-state index contributed by atoms with van der Waals surface area (Å²) >= 11 is 5.94. The van der Waals surface area contributed by atoms with Crippen LogP contribution in [0.2, 0.25) is 5.02 Å². The first-order valence-electron chi connectivity index (χ1n) is 8.72. The molecule has 5 heteroatoms. The highest BCUT2D eigenvalue weighted by Crippen LogP contribution is 2.33. The Kier molecular flexibility index (Phi) is 4.47. The van der Waals surface area contributed by atoms with Crippen molar-refractivity contribution in [2.45, 2.75) is 20.4 Å². The molecule has 4 nitrogen and oxygen atoms in total. The Balaban J connectivity index is 1.80. The van der Waals surface area contributed by atoms with E-state index in [4.69, 9.17) is 20.8 Å². The number of nitrogens with zero attached hydrogens (tertiary/aromatic N) is 1. The molecule has 0 spiro atoms. The van der Waals surface area contributed by atoms with Crippen LogP contribution in [0.3, 0.4) is 0 Å². The minimum absolute atomic E-state index is 0.353. The van der Waals surface area contributed by atoms with Gasteiger partial charge in [-0.15, -0.1) is 0 Å². The van der Waals surface area contributed by atoms with Crippen molar-refractivity contribution < 1.29 is 9.15 Å². The van der Waals surface area contributed by atoms with E-state index in [-0.39, 0.29) is 5.63 Å². The van der Waals surface area contributed by atoms with Crippen LogP contribution in [0.1, 0.15) is 19.4 Å². The maximum Gasteiger partial charge on any atom is 0.344 e. The molecule has 2 aromatic carbocycles. The number of fused-ring (bicyclic) bond motifs is 3. The lowest BCUT2D eigenvalue weighted by Crippen LogP contribution is -2.34. The molecule has 26 heavy (non-hydrogen) atoms. The first-order chi connectivity index (χ1) is 12.5. The van der Waals surface area contributed by atoms with Crippen LogP contribution in [-0.2, 0) is 6.54 Å². The van der Waals surface area contributed by atoms with E-state index in [2.05, 4.69) is 18.7 Å². The van der Waals surface area contributed by atoms with Crippen molar-refractivity contribution in [3.05, 3.63) is 63.5 Å². The van der Waals surface area contributed by atoms with E-state index in [1.165, 1.54) is 0 Å². The van der Waals surface area contributed by atoms with Gasteiger partial charge < -0.3 is 9.15 Å². The summed E-state index contributed by atoms with van der Waals surface area (Å²) in [6.45, 7) is 6.56. The summed E-state index contributed by atoms with van der Waals surface area (Å²) in [5.41, 5.74) is 2.52. The summed E-state index contributed by atoms with van der Waals surface area (Å²) in [6.07, 6.45) is 0. The van der Waals surface area contributed by atoms with Gasteiger partial charge in [0, 0.05) is 23.5 Å². The molecule has 3 aromatic rings. The molecule has 0 amide bonds. The van der Waals surface area contributed by atoms with Crippen LogP contribution in [0.25, 0.3) is 22.1 Å². The molecule has 1 aromatic heterocycles. The zero-order valence-electron chi connectivity index (χ0n) is 14.8. The third kappa shape index (κ3) is 3.22. The molecule has 0 unspecified atom stereocenters. The smallest absolute Gasteiger partial charge is 0.344 e. The Labute approximate surface area is 156 Å². The molecule has 1 aliphatic heterocycles. The van der Waals surface area contributed by atoms with Crippen molar-refractivity contribution in [2.24, 2.45) is 5.92 Å². The summed E-state index contributed by atoms with van der Waals surface area (Å²) in [7, 11) is 0. The molecule has 0 aliphatic carbocycles. The Bertz CT molecular complexity index is 1010. The second-order valence-corrected chi connectivity index (χ2v) is 7.53. The number of benzene rings is 2. The van der Waals surface area contributed by atoms with Gasteiger partial charge in [-0.05, 0) is 41.8 Å². The van der Waals surface area contributed by atoms with Crippen LogP contribution in [0, 0.1) is 5.92 Å². The highest BCUT2D eigenvalue weighted by molar-refractivity contribution is 6.30. The van der Waals surface area contributed by atoms with Crippen molar-refractivity contribution in [2.75, 3.05) is 13.3 Å². The third-order valence-electron chi connectivity index (χ3n) is 4.53. The van der Waals surface area contributed by atoms with Gasteiger partial charge in [0.15, 0.2) is 0 Å². The minimum atomic E-state index is -0.353. The van der Waals surface area contributed by atoms with E-state index in [0.29, 0.717) is 35.4 Å². The first-order valence-corrected chi connectivity index (χ1v) is 9.10. The fourth-order valence-corrected chi connectivity index (χ4v) is 3.53. The van der Waals surface area contributed by atoms with Crippen molar-refractivity contribution in [3.8, 4) is 16.9 Å². The molecule has 1 aliphatic rings. The number of ether oxygens (including phenoxy) is 1. The lowest BCUT2D eigenvalue weighted by atomic mass is 10.0. The normalized spacial score (nSPS) is 14.5. The van der Waals surface area contributed by atoms with E-state index >= 15 is 0 Å². The molecule has 0 atom stereocenters. The Hall–Kier alpha value is -2.30. The summed E-state index contributed by atoms with van der Waals surface area (Å²) in [6, 6.07) is 13.0. The van der Waals surface area contributed by atoms with Crippen molar-refractivity contribution in [3.63, 3.8) is 0 Å². The highest BCUT2D eigenvalue weighted by atomic mass is 35.5. The number of rotatable bonds is 3. The standard InChI is InChI=1S/C21H20ClNO3/c1-13(2)10-23-11-18-19(25-12-23)8-5-15-9-17(21(24)26-20(15)18)14-3-6-16(22)7-4-14/h3-9,13H,10-12H2,1-2H3. The zero-order valence-corrected chi connectivity index (χ0v) is 15.5. The molecule has 134 valence electrons. The SMILES string of the molecule is CC(C)CN1COc2ccc3cc(-c4ccc(Cl)cc4)c(=O)oc3c2C1. The summed E-state index contributed by atoms with van der Waals surface area (Å²) in [5, 5.41) is 1.53.